The highest BCUT2D eigenvalue weighted by atomic mass is 16.5. The number of hydrogen-bond donors (Lipinski definition) is 3. The maximum atomic E-state index is 6.04. The summed E-state index contributed by atoms with van der Waals surface area (Å²) in [5, 5.41) is 18.5. The topological polar surface area (TPSA) is 97.2 Å². The van der Waals surface area contributed by atoms with Gasteiger partial charge in [0.2, 0.25) is 5.88 Å². The molecule has 0 radical (unpaired) electrons. The largest absolute Gasteiger partial charge is 0.496 e. The molecule has 4 aromatic rings. The lowest BCUT2D eigenvalue weighted by Gasteiger charge is -2.12. The molecule has 0 spiro atoms. The molecule has 0 atom stereocenters. The summed E-state index contributed by atoms with van der Waals surface area (Å²) in [7, 11) is 1.65. The molecule has 2 aromatic heterocycles. The molecule has 0 aliphatic carbocycles. The molecule has 166 valence electrons. The van der Waals surface area contributed by atoms with Crippen LogP contribution in [-0.2, 0) is 5.41 Å². The fraction of sp³-hybridized carbons (Fsp3) is 0.250. The highest BCUT2D eigenvalue weighted by Gasteiger charge is 2.20. The molecule has 0 aliphatic heterocycles. The zero-order valence-corrected chi connectivity index (χ0v) is 18.9. The van der Waals surface area contributed by atoms with Gasteiger partial charge in [-0.2, -0.15) is 0 Å². The number of methoxy groups -OCH3 is 1. The van der Waals surface area contributed by atoms with Gasteiger partial charge in [0, 0.05) is 23.2 Å². The first-order valence-corrected chi connectivity index (χ1v) is 10.2. The fourth-order valence-corrected chi connectivity index (χ4v) is 3.22. The van der Waals surface area contributed by atoms with Gasteiger partial charge in [0.15, 0.2) is 5.82 Å². The van der Waals surface area contributed by atoms with Crippen molar-refractivity contribution in [1.82, 2.24) is 15.4 Å². The van der Waals surface area contributed by atoms with Crippen molar-refractivity contribution in [3.63, 3.8) is 0 Å². The molecule has 0 saturated carbocycles. The summed E-state index contributed by atoms with van der Waals surface area (Å²) in [4.78, 5) is 0. The molecular formula is C24H27N5O3. The van der Waals surface area contributed by atoms with Crippen LogP contribution in [0.15, 0.2) is 59.4 Å². The zero-order chi connectivity index (χ0) is 22.9. The first-order valence-electron chi connectivity index (χ1n) is 10.2. The Morgan fingerprint density at radius 3 is 2.66 bits per heavy atom. The number of benzene rings is 2. The number of nitrogens with zero attached hydrogens (tertiary/aromatic N) is 2. The van der Waals surface area contributed by atoms with Gasteiger partial charge in [0.1, 0.15) is 23.1 Å². The van der Waals surface area contributed by atoms with E-state index in [4.69, 9.17) is 14.0 Å². The Morgan fingerprint density at radius 1 is 1.12 bits per heavy atom. The van der Waals surface area contributed by atoms with Crippen LogP contribution in [0.4, 0.5) is 11.5 Å². The molecule has 0 bridgehead atoms. The highest BCUT2D eigenvalue weighted by molar-refractivity contribution is 5.86. The van der Waals surface area contributed by atoms with Crippen LogP contribution in [0.25, 0.3) is 10.9 Å². The lowest BCUT2D eigenvalue weighted by atomic mass is 9.93. The molecule has 4 rings (SSSR count). The number of hydrogen-bond acceptors (Lipinski definition) is 7. The quantitative estimate of drug-likeness (QED) is 0.331. The van der Waals surface area contributed by atoms with Crippen LogP contribution in [-0.4, -0.2) is 22.5 Å². The fourth-order valence-electron chi connectivity index (χ4n) is 3.22. The molecule has 0 aliphatic rings. The van der Waals surface area contributed by atoms with E-state index in [2.05, 4.69) is 53.3 Å². The lowest BCUT2D eigenvalue weighted by Crippen LogP contribution is -2.10. The number of fused-ring (bicyclic) bond motifs is 1. The van der Waals surface area contributed by atoms with Gasteiger partial charge in [-0.05, 0) is 36.8 Å². The van der Waals surface area contributed by atoms with Crippen LogP contribution in [0.1, 0.15) is 32.1 Å². The van der Waals surface area contributed by atoms with Crippen LogP contribution < -0.4 is 20.1 Å². The Kier molecular flexibility index (Phi) is 5.52. The number of H-pyrrole nitrogens is 1. The van der Waals surface area contributed by atoms with Crippen molar-refractivity contribution < 1.29 is 14.0 Å². The maximum Gasteiger partial charge on any atom is 0.246 e. The second kappa shape index (κ2) is 8.30. The molecule has 2 heterocycles. The molecule has 8 heteroatoms. The van der Waals surface area contributed by atoms with Gasteiger partial charge in [-0.3, -0.25) is 5.10 Å². The average molecular weight is 434 g/mol. The molecule has 32 heavy (non-hydrogen) atoms. The molecule has 3 N–H and O–H groups in total. The summed E-state index contributed by atoms with van der Waals surface area (Å²) in [6.45, 7) is 12.2. The van der Waals surface area contributed by atoms with Gasteiger partial charge >= 0.3 is 0 Å². The molecule has 0 unspecified atom stereocenters. The van der Waals surface area contributed by atoms with Crippen molar-refractivity contribution in [3.8, 4) is 17.4 Å². The van der Waals surface area contributed by atoms with Crippen LogP contribution >= 0.6 is 0 Å². The third-order valence-electron chi connectivity index (χ3n) is 4.92. The van der Waals surface area contributed by atoms with Crippen molar-refractivity contribution in [2.24, 2.45) is 0 Å². The number of aryl methyl sites for hydroxylation is 1. The molecule has 0 amide bonds. The van der Waals surface area contributed by atoms with Crippen molar-refractivity contribution >= 4 is 22.4 Å². The second-order valence-electron chi connectivity index (χ2n) is 8.58. The SMILES string of the molecule is C=C(Nc1cccc(Oc2n[nH]c3cc(C)c(OC)cc23)c1)Nc1cc(C(C)(C)C)on1. The molecule has 0 fully saturated rings. The second-order valence-corrected chi connectivity index (χ2v) is 8.58. The van der Waals surface area contributed by atoms with E-state index in [0.717, 1.165) is 33.7 Å². The summed E-state index contributed by atoms with van der Waals surface area (Å²) in [6, 6.07) is 13.3. The van der Waals surface area contributed by atoms with Crippen LogP contribution in [0.3, 0.4) is 0 Å². The zero-order valence-electron chi connectivity index (χ0n) is 18.9. The predicted molar refractivity (Wildman–Crippen MR) is 125 cm³/mol. The van der Waals surface area contributed by atoms with E-state index < -0.39 is 0 Å². The average Bonchev–Trinajstić information content (AvgIpc) is 3.34. The standard InChI is InChI=1S/C24H27N5O3/c1-14-10-19-18(12-20(14)30-6)23(28-27-19)31-17-9-7-8-16(11-17)25-15(2)26-22-13-21(32-29-22)24(3,4)5/h7-13,25H,2H2,1,3-6H3,(H,26,29)(H,27,28). The van der Waals surface area contributed by atoms with Gasteiger partial charge in [-0.25, -0.2) is 0 Å². The number of ether oxygens (including phenoxy) is 2. The number of anilines is 2. The van der Waals surface area contributed by atoms with Gasteiger partial charge < -0.3 is 24.6 Å². The van der Waals surface area contributed by atoms with Crippen LogP contribution in [0, 0.1) is 6.92 Å². The number of aromatic amines is 1. The first kappa shape index (κ1) is 21.3. The van der Waals surface area contributed by atoms with E-state index in [1.54, 1.807) is 7.11 Å². The van der Waals surface area contributed by atoms with Crippen molar-refractivity contribution in [3.05, 3.63) is 66.2 Å². The van der Waals surface area contributed by atoms with Crippen molar-refractivity contribution in [2.75, 3.05) is 17.7 Å². The number of nitrogens with one attached hydrogen (secondary N) is 3. The summed E-state index contributed by atoms with van der Waals surface area (Å²) in [5.41, 5.74) is 2.58. The maximum absolute atomic E-state index is 6.04. The third-order valence-corrected chi connectivity index (χ3v) is 4.92. The van der Waals surface area contributed by atoms with E-state index in [-0.39, 0.29) is 5.41 Å². The Balaban J connectivity index is 1.46. The number of aromatic nitrogens is 3. The monoisotopic (exact) mass is 433 g/mol. The molecule has 8 nitrogen and oxygen atoms in total. The highest BCUT2D eigenvalue weighted by Crippen LogP contribution is 2.33. The Hall–Kier alpha value is -3.94. The molecular weight excluding hydrogens is 406 g/mol. The molecule has 0 saturated heterocycles. The van der Waals surface area contributed by atoms with Crippen molar-refractivity contribution in [1.29, 1.82) is 0 Å². The van der Waals surface area contributed by atoms with Gasteiger partial charge in [-0.1, -0.05) is 38.6 Å². The van der Waals surface area contributed by atoms with E-state index in [1.165, 1.54) is 0 Å². The third kappa shape index (κ3) is 4.54. The Labute approximate surface area is 186 Å². The first-order chi connectivity index (χ1) is 15.2. The summed E-state index contributed by atoms with van der Waals surface area (Å²) >= 11 is 0. The molecule has 2 aromatic carbocycles. The van der Waals surface area contributed by atoms with E-state index >= 15 is 0 Å². The minimum Gasteiger partial charge on any atom is -0.496 e. The smallest absolute Gasteiger partial charge is 0.246 e. The van der Waals surface area contributed by atoms with Crippen molar-refractivity contribution in [2.45, 2.75) is 33.1 Å². The minimum absolute atomic E-state index is 0.119. The van der Waals surface area contributed by atoms with Gasteiger partial charge in [0.25, 0.3) is 0 Å². The Bertz CT molecular complexity index is 1270. The van der Waals surface area contributed by atoms with Crippen LogP contribution in [0.2, 0.25) is 0 Å². The van der Waals surface area contributed by atoms with Gasteiger partial charge in [-0.15, -0.1) is 5.10 Å². The van der Waals surface area contributed by atoms with E-state index in [0.29, 0.717) is 23.3 Å². The van der Waals surface area contributed by atoms with Gasteiger partial charge in [0.05, 0.1) is 18.0 Å². The number of rotatable bonds is 7. The van der Waals surface area contributed by atoms with Crippen LogP contribution in [0.5, 0.6) is 17.4 Å². The predicted octanol–water partition coefficient (Wildman–Crippen LogP) is 5.95. The minimum atomic E-state index is -0.119. The Morgan fingerprint density at radius 2 is 1.94 bits per heavy atom. The summed E-state index contributed by atoms with van der Waals surface area (Å²) < 4.78 is 16.9. The normalized spacial score (nSPS) is 11.4. The van der Waals surface area contributed by atoms with E-state index in [9.17, 15) is 0 Å². The lowest BCUT2D eigenvalue weighted by molar-refractivity contribution is 0.331. The van der Waals surface area contributed by atoms with E-state index in [1.807, 2.05) is 49.4 Å². The summed E-state index contributed by atoms with van der Waals surface area (Å²) in [6.07, 6.45) is 0. The summed E-state index contributed by atoms with van der Waals surface area (Å²) in [5.74, 6) is 3.83.